The van der Waals surface area contributed by atoms with Crippen LogP contribution in [0.2, 0.25) is 0 Å². The first kappa shape index (κ1) is 9.12. The highest BCUT2D eigenvalue weighted by atomic mass is 16.2. The summed E-state index contributed by atoms with van der Waals surface area (Å²) in [5.74, 6) is 2.79. The molecule has 0 spiro atoms. The smallest absolute Gasteiger partial charge is 0.220 e. The van der Waals surface area contributed by atoms with Gasteiger partial charge in [-0.25, -0.2) is 0 Å². The highest BCUT2D eigenvalue weighted by Crippen LogP contribution is 2.15. The summed E-state index contributed by atoms with van der Waals surface area (Å²) in [4.78, 5) is 13.0. The molecule has 0 unspecified atom stereocenters. The van der Waals surface area contributed by atoms with Crippen molar-refractivity contribution >= 4 is 5.91 Å². The molecule has 1 fully saturated rings. The lowest BCUT2D eigenvalue weighted by Crippen LogP contribution is -2.37. The fourth-order valence-electron chi connectivity index (χ4n) is 1.66. The number of nitrogens with zero attached hydrogens (tertiary/aromatic N) is 1. The van der Waals surface area contributed by atoms with Crippen LogP contribution in [0.25, 0.3) is 0 Å². The van der Waals surface area contributed by atoms with Crippen LogP contribution in [0.15, 0.2) is 0 Å². The molecular formula is C10H15NO. The molecule has 0 aliphatic carbocycles. The molecule has 0 radical (unpaired) electrons. The van der Waals surface area contributed by atoms with Crippen LogP contribution in [0, 0.1) is 12.3 Å². The van der Waals surface area contributed by atoms with Crippen LogP contribution in [0.1, 0.15) is 32.6 Å². The summed E-state index contributed by atoms with van der Waals surface area (Å²) >= 11 is 0. The van der Waals surface area contributed by atoms with Crippen molar-refractivity contribution in [3.8, 4) is 12.3 Å². The maximum absolute atomic E-state index is 11.2. The van der Waals surface area contributed by atoms with Gasteiger partial charge in [0, 0.05) is 13.5 Å². The molecule has 0 aromatic carbocycles. The van der Waals surface area contributed by atoms with Crippen LogP contribution in [-0.4, -0.2) is 23.4 Å². The van der Waals surface area contributed by atoms with Crippen LogP contribution < -0.4 is 0 Å². The van der Waals surface area contributed by atoms with Crippen molar-refractivity contribution in [1.82, 2.24) is 4.90 Å². The van der Waals surface area contributed by atoms with Crippen LogP contribution in [0.5, 0.6) is 0 Å². The fourth-order valence-corrected chi connectivity index (χ4v) is 1.66. The van der Waals surface area contributed by atoms with Crippen LogP contribution in [0.4, 0.5) is 0 Å². The number of hydrogen-bond donors (Lipinski definition) is 0. The van der Waals surface area contributed by atoms with Gasteiger partial charge < -0.3 is 4.90 Å². The maximum atomic E-state index is 11.2. The molecule has 0 aromatic heterocycles. The second kappa shape index (κ2) is 4.15. The third kappa shape index (κ3) is 2.01. The zero-order chi connectivity index (χ0) is 8.97. The Morgan fingerprint density at radius 2 is 2.25 bits per heavy atom. The van der Waals surface area contributed by atoms with E-state index in [1.54, 1.807) is 6.92 Å². The van der Waals surface area contributed by atoms with Crippen molar-refractivity contribution in [1.29, 1.82) is 0 Å². The number of likely N-dealkylation sites (tertiary alicyclic amines) is 1. The van der Waals surface area contributed by atoms with Crippen molar-refractivity contribution < 1.29 is 4.79 Å². The van der Waals surface area contributed by atoms with Crippen molar-refractivity contribution in [3.63, 3.8) is 0 Å². The minimum atomic E-state index is 0.0463. The van der Waals surface area contributed by atoms with E-state index in [-0.39, 0.29) is 11.9 Å². The predicted octanol–water partition coefficient (Wildman–Crippen LogP) is 1.41. The van der Waals surface area contributed by atoms with Gasteiger partial charge in [-0.1, -0.05) is 18.8 Å². The molecule has 1 atom stereocenters. The topological polar surface area (TPSA) is 20.3 Å². The highest BCUT2D eigenvalue weighted by molar-refractivity contribution is 5.74. The molecule has 2 heteroatoms. The van der Waals surface area contributed by atoms with Gasteiger partial charge in [-0.3, -0.25) is 4.79 Å². The Morgan fingerprint density at radius 3 is 2.83 bits per heavy atom. The molecule has 0 N–H and O–H groups in total. The summed E-state index contributed by atoms with van der Waals surface area (Å²) in [7, 11) is 0. The van der Waals surface area contributed by atoms with Crippen molar-refractivity contribution in [3.05, 3.63) is 0 Å². The summed E-state index contributed by atoms with van der Waals surface area (Å²) in [5.41, 5.74) is 0. The highest BCUT2D eigenvalue weighted by Gasteiger charge is 2.20. The van der Waals surface area contributed by atoms with E-state index in [2.05, 4.69) is 5.92 Å². The van der Waals surface area contributed by atoms with E-state index in [4.69, 9.17) is 6.42 Å². The number of carbonyl (C=O) groups is 1. The molecule has 66 valence electrons. The lowest BCUT2D eigenvalue weighted by molar-refractivity contribution is -0.129. The number of terminal acetylenes is 1. The Hall–Kier alpha value is -0.970. The Bertz CT molecular complexity index is 204. The van der Waals surface area contributed by atoms with E-state index in [9.17, 15) is 4.79 Å². The minimum Gasteiger partial charge on any atom is -0.329 e. The van der Waals surface area contributed by atoms with Gasteiger partial charge in [-0.05, 0) is 12.8 Å². The van der Waals surface area contributed by atoms with Crippen molar-refractivity contribution in [2.24, 2.45) is 0 Å². The van der Waals surface area contributed by atoms with E-state index >= 15 is 0 Å². The van der Waals surface area contributed by atoms with Crippen LogP contribution in [-0.2, 0) is 4.79 Å². The average molecular weight is 165 g/mol. The molecule has 1 rings (SSSR count). The van der Waals surface area contributed by atoms with E-state index in [0.717, 1.165) is 25.8 Å². The molecule has 0 bridgehead atoms. The zero-order valence-corrected chi connectivity index (χ0v) is 7.55. The molecular weight excluding hydrogens is 150 g/mol. The first-order chi connectivity index (χ1) is 5.75. The average Bonchev–Trinajstić information content (AvgIpc) is 2.27. The summed E-state index contributed by atoms with van der Waals surface area (Å²) in [5, 5.41) is 0. The van der Waals surface area contributed by atoms with Crippen molar-refractivity contribution in [2.45, 2.75) is 38.6 Å². The Kier molecular flexibility index (Phi) is 3.16. The first-order valence-electron chi connectivity index (χ1n) is 4.49. The van der Waals surface area contributed by atoms with Gasteiger partial charge in [0.25, 0.3) is 0 Å². The monoisotopic (exact) mass is 165 g/mol. The van der Waals surface area contributed by atoms with E-state index < -0.39 is 0 Å². The van der Waals surface area contributed by atoms with Gasteiger partial charge in [0.1, 0.15) is 0 Å². The van der Waals surface area contributed by atoms with E-state index in [1.807, 2.05) is 4.90 Å². The Labute approximate surface area is 73.9 Å². The number of carbonyl (C=O) groups excluding carboxylic acids is 1. The van der Waals surface area contributed by atoms with E-state index in [1.165, 1.54) is 6.42 Å². The molecule has 1 aliphatic heterocycles. The zero-order valence-electron chi connectivity index (χ0n) is 7.55. The summed E-state index contributed by atoms with van der Waals surface area (Å²) < 4.78 is 0. The quantitative estimate of drug-likeness (QED) is 0.497. The van der Waals surface area contributed by atoms with Gasteiger partial charge in [0.2, 0.25) is 5.91 Å². The molecule has 0 saturated carbocycles. The molecule has 1 heterocycles. The number of rotatable bonds is 0. The third-order valence-corrected chi connectivity index (χ3v) is 2.35. The lowest BCUT2D eigenvalue weighted by Gasteiger charge is -2.24. The van der Waals surface area contributed by atoms with Gasteiger partial charge in [0.05, 0.1) is 6.04 Å². The van der Waals surface area contributed by atoms with Crippen LogP contribution in [0.3, 0.4) is 0 Å². The van der Waals surface area contributed by atoms with E-state index in [0.29, 0.717) is 0 Å². The normalized spacial score (nSPS) is 24.3. The van der Waals surface area contributed by atoms with Crippen molar-refractivity contribution in [2.75, 3.05) is 6.54 Å². The van der Waals surface area contributed by atoms with Gasteiger partial charge in [-0.2, -0.15) is 0 Å². The molecule has 1 aliphatic rings. The first-order valence-corrected chi connectivity index (χ1v) is 4.49. The summed E-state index contributed by atoms with van der Waals surface area (Å²) in [6.45, 7) is 2.43. The second-order valence-electron chi connectivity index (χ2n) is 3.24. The molecule has 1 amide bonds. The van der Waals surface area contributed by atoms with Crippen LogP contribution >= 0.6 is 0 Å². The largest absolute Gasteiger partial charge is 0.329 e. The summed E-state index contributed by atoms with van der Waals surface area (Å²) in [6.07, 6.45) is 9.77. The number of amides is 1. The Balaban J connectivity index is 2.65. The molecule has 12 heavy (non-hydrogen) atoms. The standard InChI is InChI=1S/C10H15NO/c1-3-10-7-5-4-6-8-11(10)9(2)12/h1,10H,4-8H2,2H3/t10-/m0/s1. The molecule has 2 nitrogen and oxygen atoms in total. The van der Waals surface area contributed by atoms with Gasteiger partial charge in [0.15, 0.2) is 0 Å². The Morgan fingerprint density at radius 1 is 1.50 bits per heavy atom. The minimum absolute atomic E-state index is 0.0463. The van der Waals surface area contributed by atoms with Gasteiger partial charge >= 0.3 is 0 Å². The summed E-state index contributed by atoms with van der Waals surface area (Å²) in [6, 6.07) is 0.0463. The van der Waals surface area contributed by atoms with Gasteiger partial charge in [-0.15, -0.1) is 6.42 Å². The molecule has 1 saturated heterocycles. The predicted molar refractivity (Wildman–Crippen MR) is 48.5 cm³/mol. The molecule has 0 aromatic rings. The number of hydrogen-bond acceptors (Lipinski definition) is 1. The fraction of sp³-hybridized carbons (Fsp3) is 0.700. The lowest BCUT2D eigenvalue weighted by atomic mass is 10.1. The second-order valence-corrected chi connectivity index (χ2v) is 3.24. The SMILES string of the molecule is C#C[C@H]1CCCCCN1C(C)=O. The maximum Gasteiger partial charge on any atom is 0.220 e. The third-order valence-electron chi connectivity index (χ3n) is 2.35.